The zero-order chi connectivity index (χ0) is 15.7. The van der Waals surface area contributed by atoms with Crippen molar-refractivity contribution in [3.63, 3.8) is 0 Å². The minimum atomic E-state index is -0.357. The molecule has 1 unspecified atom stereocenters. The highest BCUT2D eigenvalue weighted by Gasteiger charge is 2.24. The van der Waals surface area contributed by atoms with Gasteiger partial charge in [0, 0.05) is 5.92 Å². The van der Waals surface area contributed by atoms with E-state index in [0.717, 1.165) is 5.56 Å². The fourth-order valence-electron chi connectivity index (χ4n) is 2.55. The second kappa shape index (κ2) is 5.49. The molecule has 0 fully saturated rings. The number of urea groups is 1. The second-order valence-corrected chi connectivity index (χ2v) is 5.39. The van der Waals surface area contributed by atoms with Crippen LogP contribution in [-0.4, -0.2) is 17.8 Å². The normalized spacial score (nSPS) is 19.2. The van der Waals surface area contributed by atoms with E-state index in [9.17, 15) is 10.1 Å². The van der Waals surface area contributed by atoms with Crippen molar-refractivity contribution in [2.45, 2.75) is 25.9 Å². The smallest absolute Gasteiger partial charge is 0.346 e. The Balaban J connectivity index is 2.00. The summed E-state index contributed by atoms with van der Waals surface area (Å²) in [6, 6.07) is 7.44. The molecule has 1 aliphatic carbocycles. The van der Waals surface area contributed by atoms with E-state index in [4.69, 9.17) is 4.74 Å². The summed E-state index contributed by atoms with van der Waals surface area (Å²) in [6.45, 7) is 3.85. The predicted molar refractivity (Wildman–Crippen MR) is 82.9 cm³/mol. The molecule has 2 aliphatic rings. The van der Waals surface area contributed by atoms with E-state index in [1.807, 2.05) is 38.1 Å². The Hall–Kier alpha value is -2.87. The molecular formula is C17H15N3O2. The van der Waals surface area contributed by atoms with E-state index in [0.29, 0.717) is 22.7 Å². The van der Waals surface area contributed by atoms with Gasteiger partial charge in [0.15, 0.2) is 0 Å². The Morgan fingerprint density at radius 3 is 2.95 bits per heavy atom. The first-order chi connectivity index (χ1) is 10.6. The molecule has 0 radical (unpaired) electrons. The Bertz CT molecular complexity index is 767. The molecule has 110 valence electrons. The van der Waals surface area contributed by atoms with E-state index in [-0.39, 0.29) is 18.1 Å². The number of allylic oxidation sites excluding steroid dienone is 3. The highest BCUT2D eigenvalue weighted by Crippen LogP contribution is 2.32. The molecule has 22 heavy (non-hydrogen) atoms. The zero-order valence-electron chi connectivity index (χ0n) is 12.3. The summed E-state index contributed by atoms with van der Waals surface area (Å²) in [4.78, 5) is 15.2. The molecule has 5 nitrogen and oxygen atoms in total. The van der Waals surface area contributed by atoms with Gasteiger partial charge in [-0.25, -0.2) is 4.79 Å². The molecule has 1 heterocycles. The van der Waals surface area contributed by atoms with E-state index in [2.05, 4.69) is 16.4 Å². The maximum Gasteiger partial charge on any atom is 0.346 e. The number of hydrogen-bond acceptors (Lipinski definition) is 3. The quantitative estimate of drug-likeness (QED) is 0.930. The summed E-state index contributed by atoms with van der Waals surface area (Å²) in [5.41, 5.74) is 2.70. The monoisotopic (exact) mass is 293 g/mol. The van der Waals surface area contributed by atoms with Crippen molar-refractivity contribution in [2.24, 2.45) is 4.99 Å². The van der Waals surface area contributed by atoms with Crippen LogP contribution >= 0.6 is 0 Å². The minimum Gasteiger partial charge on any atom is -0.490 e. The van der Waals surface area contributed by atoms with Crippen molar-refractivity contribution < 1.29 is 9.53 Å². The molecule has 1 atom stereocenters. The highest BCUT2D eigenvalue weighted by atomic mass is 16.5. The SMILES string of the molecule is CC(C)Oc1cccc(C2C=CC3=NC(=O)NC3=C2)c1C#N. The molecule has 1 aromatic carbocycles. The van der Waals surface area contributed by atoms with Gasteiger partial charge in [-0.3, -0.25) is 0 Å². The van der Waals surface area contributed by atoms with Gasteiger partial charge in [-0.05, 0) is 37.6 Å². The molecule has 0 aromatic heterocycles. The van der Waals surface area contributed by atoms with Crippen LogP contribution in [-0.2, 0) is 0 Å². The molecule has 5 heteroatoms. The Labute approximate surface area is 128 Å². The zero-order valence-corrected chi connectivity index (χ0v) is 12.3. The maximum absolute atomic E-state index is 11.3. The van der Waals surface area contributed by atoms with Gasteiger partial charge in [0.2, 0.25) is 0 Å². The van der Waals surface area contributed by atoms with Crippen LogP contribution < -0.4 is 10.1 Å². The van der Waals surface area contributed by atoms with Crippen molar-refractivity contribution in [1.29, 1.82) is 5.26 Å². The van der Waals surface area contributed by atoms with E-state index in [1.165, 1.54) is 0 Å². The lowest BCUT2D eigenvalue weighted by Crippen LogP contribution is -2.17. The van der Waals surface area contributed by atoms with Crippen LogP contribution in [0.1, 0.15) is 30.9 Å². The number of rotatable bonds is 3. The summed E-state index contributed by atoms with van der Waals surface area (Å²) in [5.74, 6) is 0.481. The number of ether oxygens (including phenoxy) is 1. The van der Waals surface area contributed by atoms with Crippen LogP contribution in [0.2, 0.25) is 0 Å². The lowest BCUT2D eigenvalue weighted by atomic mass is 9.89. The number of benzene rings is 1. The van der Waals surface area contributed by atoms with E-state index in [1.54, 1.807) is 12.1 Å². The number of fused-ring (bicyclic) bond motifs is 1. The van der Waals surface area contributed by atoms with Gasteiger partial charge in [0.25, 0.3) is 0 Å². The summed E-state index contributed by atoms with van der Waals surface area (Å²) >= 11 is 0. The van der Waals surface area contributed by atoms with Crippen LogP contribution in [0.5, 0.6) is 5.75 Å². The molecule has 0 bridgehead atoms. The number of aliphatic imine (C=N–C) groups is 1. The number of nitriles is 1. The van der Waals surface area contributed by atoms with Crippen molar-refractivity contribution in [3.8, 4) is 11.8 Å². The molecule has 1 aliphatic heterocycles. The Morgan fingerprint density at radius 1 is 1.41 bits per heavy atom. The van der Waals surface area contributed by atoms with Crippen molar-refractivity contribution in [2.75, 3.05) is 0 Å². The fourth-order valence-corrected chi connectivity index (χ4v) is 2.55. The largest absolute Gasteiger partial charge is 0.490 e. The minimum absolute atomic E-state index is 0.00420. The van der Waals surface area contributed by atoms with Crippen LogP contribution in [0.15, 0.2) is 47.1 Å². The third kappa shape index (κ3) is 2.51. The van der Waals surface area contributed by atoms with Crippen molar-refractivity contribution >= 4 is 11.7 Å². The van der Waals surface area contributed by atoms with E-state index < -0.39 is 0 Å². The Morgan fingerprint density at radius 2 is 2.23 bits per heavy atom. The van der Waals surface area contributed by atoms with Crippen LogP contribution in [0.4, 0.5) is 4.79 Å². The first-order valence-corrected chi connectivity index (χ1v) is 7.08. The molecule has 0 spiro atoms. The van der Waals surface area contributed by atoms with Crippen LogP contribution in [0.3, 0.4) is 0 Å². The van der Waals surface area contributed by atoms with Crippen LogP contribution in [0.25, 0.3) is 0 Å². The number of carbonyl (C=O) groups excluding carboxylic acids is 1. The molecule has 1 N–H and O–H groups in total. The van der Waals surface area contributed by atoms with E-state index >= 15 is 0 Å². The third-order valence-electron chi connectivity index (χ3n) is 3.44. The Kier molecular flexibility index (Phi) is 3.51. The summed E-state index contributed by atoms with van der Waals surface area (Å²) in [5, 5.41) is 12.2. The van der Waals surface area contributed by atoms with Gasteiger partial charge in [0.05, 0.1) is 23.1 Å². The van der Waals surface area contributed by atoms with Gasteiger partial charge in [-0.1, -0.05) is 18.2 Å². The van der Waals surface area contributed by atoms with Crippen molar-refractivity contribution in [1.82, 2.24) is 5.32 Å². The predicted octanol–water partition coefficient (Wildman–Crippen LogP) is 3.05. The highest BCUT2D eigenvalue weighted by molar-refractivity contribution is 6.19. The van der Waals surface area contributed by atoms with Gasteiger partial charge < -0.3 is 10.1 Å². The summed E-state index contributed by atoms with van der Waals surface area (Å²) < 4.78 is 5.71. The first-order valence-electron chi connectivity index (χ1n) is 7.08. The lowest BCUT2D eigenvalue weighted by molar-refractivity contribution is 0.241. The van der Waals surface area contributed by atoms with Gasteiger partial charge in [-0.15, -0.1) is 0 Å². The maximum atomic E-state index is 11.3. The average Bonchev–Trinajstić information content (AvgIpc) is 2.85. The molecule has 0 saturated carbocycles. The first kappa shape index (κ1) is 14.1. The molecule has 1 aromatic rings. The van der Waals surface area contributed by atoms with Gasteiger partial charge in [-0.2, -0.15) is 10.3 Å². The summed E-state index contributed by atoms with van der Waals surface area (Å²) in [7, 11) is 0. The standard InChI is InChI=1S/C17H15N3O2/c1-10(2)22-16-5-3-4-12(13(16)9-18)11-6-7-14-15(8-11)20-17(21)19-14/h3-8,10-11H,1-2H3,(H,20,21). The number of carbonyl (C=O) groups is 1. The molecular weight excluding hydrogens is 278 g/mol. The molecule has 3 rings (SSSR count). The number of amides is 2. The second-order valence-electron chi connectivity index (χ2n) is 5.39. The fraction of sp³-hybridized carbons (Fsp3) is 0.235. The van der Waals surface area contributed by atoms with Crippen molar-refractivity contribution in [3.05, 3.63) is 53.3 Å². The lowest BCUT2D eigenvalue weighted by Gasteiger charge is -2.18. The number of hydrogen-bond donors (Lipinski definition) is 1. The summed E-state index contributed by atoms with van der Waals surface area (Å²) in [6.07, 6.45) is 5.63. The third-order valence-corrected chi connectivity index (χ3v) is 3.44. The topological polar surface area (TPSA) is 74.5 Å². The number of nitrogens with one attached hydrogen (secondary N) is 1. The number of nitrogens with zero attached hydrogens (tertiary/aromatic N) is 2. The van der Waals surface area contributed by atoms with Crippen LogP contribution in [0, 0.1) is 11.3 Å². The molecule has 0 saturated heterocycles. The van der Waals surface area contributed by atoms with Gasteiger partial charge in [0.1, 0.15) is 11.8 Å². The average molecular weight is 293 g/mol. The molecule has 2 amide bonds. The van der Waals surface area contributed by atoms with Gasteiger partial charge >= 0.3 is 6.03 Å².